The molecule has 188 valence electrons. The van der Waals surface area contributed by atoms with Crippen LogP contribution in [0, 0.1) is 44.8 Å². The van der Waals surface area contributed by atoms with Gasteiger partial charge < -0.3 is 5.32 Å². The molecule has 0 aromatic carbocycles. The molecule has 4 saturated carbocycles. The highest BCUT2D eigenvalue weighted by atomic mass is 35.5. The molecule has 0 aromatic heterocycles. The fraction of sp³-hybridized carbons (Fsp3) is 0.667. The van der Waals surface area contributed by atoms with Gasteiger partial charge in [0.05, 0.1) is 6.54 Å². The van der Waals surface area contributed by atoms with Crippen LogP contribution in [0.25, 0.3) is 0 Å². The Balaban J connectivity index is 1.18. The van der Waals surface area contributed by atoms with Crippen LogP contribution in [0.4, 0.5) is 0 Å². The molecular formula is C27H34Cl2N4O2. The number of rotatable bonds is 9. The first-order valence-electron chi connectivity index (χ1n) is 12.9. The monoisotopic (exact) mass is 516 g/mol. The summed E-state index contributed by atoms with van der Waals surface area (Å²) >= 11 is 12.2. The molecule has 1 N–H and O–H groups in total. The van der Waals surface area contributed by atoms with Gasteiger partial charge in [-0.25, -0.2) is 0 Å². The van der Waals surface area contributed by atoms with E-state index in [0.717, 1.165) is 23.3 Å². The van der Waals surface area contributed by atoms with Crippen molar-refractivity contribution in [2.75, 3.05) is 19.6 Å². The Labute approximate surface area is 217 Å². The van der Waals surface area contributed by atoms with Gasteiger partial charge in [-0.2, -0.15) is 9.81 Å². The summed E-state index contributed by atoms with van der Waals surface area (Å²) in [5.41, 5.74) is 2.38. The van der Waals surface area contributed by atoms with E-state index in [1.807, 2.05) is 12.3 Å². The van der Waals surface area contributed by atoms with E-state index >= 15 is 0 Å². The molecule has 4 atom stereocenters. The van der Waals surface area contributed by atoms with Gasteiger partial charge in [0.2, 0.25) is 0 Å². The van der Waals surface area contributed by atoms with Gasteiger partial charge in [0.1, 0.15) is 12.1 Å². The number of hydrogen-bond donors (Lipinski definition) is 1. The van der Waals surface area contributed by atoms with Crippen LogP contribution in [0.2, 0.25) is 0 Å². The molecule has 6 aliphatic rings. The Morgan fingerprint density at radius 1 is 1.00 bits per heavy atom. The van der Waals surface area contributed by atoms with Crippen molar-refractivity contribution in [3.63, 3.8) is 0 Å². The highest BCUT2D eigenvalue weighted by Crippen LogP contribution is 2.64. The summed E-state index contributed by atoms with van der Waals surface area (Å²) < 4.78 is 0. The van der Waals surface area contributed by atoms with E-state index in [2.05, 4.69) is 39.7 Å². The van der Waals surface area contributed by atoms with Crippen molar-refractivity contribution >= 4 is 29.4 Å². The standard InChI is InChI=1S/C27H34Cl2N4O2/c1-16-4-20(14-30-2-3-31-15-21-9-22(28)10-24(29)26(21)33-35)25(32-34)23(5-16)27-11-17-6-18(12-27)8-19(7-17)13-27/h4-5,9-10,14,17-19,21,23,25-26,31H,2-3,6-8,11-13,15H2,1H3/b30-14+. The molecule has 4 unspecified atom stereocenters. The maximum Gasteiger partial charge on any atom is 0.135 e. The molecule has 0 aliphatic heterocycles. The largest absolute Gasteiger partial charge is 0.314 e. The lowest BCUT2D eigenvalue weighted by Gasteiger charge is -2.60. The molecule has 35 heavy (non-hydrogen) atoms. The topological polar surface area (TPSA) is 83.2 Å². The van der Waals surface area contributed by atoms with Crippen molar-refractivity contribution in [2.24, 2.45) is 50.4 Å². The second-order valence-corrected chi connectivity index (χ2v) is 12.3. The highest BCUT2D eigenvalue weighted by molar-refractivity contribution is 6.35. The Kier molecular flexibility index (Phi) is 7.43. The minimum Gasteiger partial charge on any atom is -0.314 e. The quantitative estimate of drug-likeness (QED) is 0.215. The van der Waals surface area contributed by atoms with E-state index in [1.165, 1.54) is 44.1 Å². The van der Waals surface area contributed by atoms with Crippen LogP contribution < -0.4 is 5.32 Å². The SMILES string of the molecule is CC1=CC(C23CC4CC(CC(C4)C2)C3)C(N=O)C(/C=N/CCNCC2C=C(Cl)C=C(Cl)C2N=O)=C1. The molecule has 6 nitrogen and oxygen atoms in total. The molecule has 0 saturated heterocycles. The van der Waals surface area contributed by atoms with Crippen molar-refractivity contribution in [1.29, 1.82) is 0 Å². The maximum absolute atomic E-state index is 12.1. The minimum absolute atomic E-state index is 0.181. The summed E-state index contributed by atoms with van der Waals surface area (Å²) in [5.74, 6) is 2.52. The Morgan fingerprint density at radius 3 is 2.29 bits per heavy atom. The lowest BCUT2D eigenvalue weighted by molar-refractivity contribution is -0.0791. The zero-order valence-electron chi connectivity index (χ0n) is 20.2. The summed E-state index contributed by atoms with van der Waals surface area (Å²) in [4.78, 5) is 27.9. The summed E-state index contributed by atoms with van der Waals surface area (Å²) in [6.07, 6.45) is 17.6. The number of hydrogen-bond acceptors (Lipinski definition) is 6. The van der Waals surface area contributed by atoms with Gasteiger partial charge in [-0.3, -0.25) is 4.99 Å². The smallest absolute Gasteiger partial charge is 0.135 e. The summed E-state index contributed by atoms with van der Waals surface area (Å²) in [6, 6.07) is -0.965. The fourth-order valence-electron chi connectivity index (χ4n) is 7.96. The van der Waals surface area contributed by atoms with Crippen LogP contribution in [0.5, 0.6) is 0 Å². The van der Waals surface area contributed by atoms with E-state index in [4.69, 9.17) is 23.2 Å². The Hall–Kier alpha value is -1.63. The average molecular weight is 518 g/mol. The lowest BCUT2D eigenvalue weighted by atomic mass is 9.45. The van der Waals surface area contributed by atoms with Gasteiger partial charge in [-0.1, -0.05) is 57.4 Å². The molecule has 8 heteroatoms. The maximum atomic E-state index is 12.1. The molecule has 0 spiro atoms. The molecule has 0 radical (unpaired) electrons. The Bertz CT molecular complexity index is 979. The third-order valence-corrected chi connectivity index (χ3v) is 9.48. The summed E-state index contributed by atoms with van der Waals surface area (Å²) in [6.45, 7) is 3.85. The average Bonchev–Trinajstić information content (AvgIpc) is 2.80. The molecule has 4 fully saturated rings. The predicted molar refractivity (Wildman–Crippen MR) is 143 cm³/mol. The molecular weight excluding hydrogens is 483 g/mol. The van der Waals surface area contributed by atoms with Crippen molar-refractivity contribution in [3.05, 3.63) is 55.3 Å². The van der Waals surface area contributed by atoms with E-state index in [9.17, 15) is 9.81 Å². The third kappa shape index (κ3) is 5.12. The van der Waals surface area contributed by atoms with Crippen molar-refractivity contribution in [2.45, 2.75) is 57.5 Å². The van der Waals surface area contributed by atoms with Crippen LogP contribution in [-0.2, 0) is 0 Å². The number of nitroso groups, excluding NO2 is 2. The van der Waals surface area contributed by atoms with Crippen LogP contribution in [0.1, 0.15) is 45.4 Å². The van der Waals surface area contributed by atoms with Gasteiger partial charge in [0.15, 0.2) is 0 Å². The number of allylic oxidation sites excluding steroid dienone is 4. The summed E-state index contributed by atoms with van der Waals surface area (Å²) in [5, 5.41) is 11.0. The number of nitrogens with zero attached hydrogens (tertiary/aromatic N) is 3. The normalized spacial score (nSPS) is 40.3. The molecule has 0 amide bonds. The fourth-order valence-corrected chi connectivity index (χ4v) is 8.62. The zero-order chi connectivity index (χ0) is 24.6. The van der Waals surface area contributed by atoms with Crippen molar-refractivity contribution in [3.8, 4) is 0 Å². The van der Waals surface area contributed by atoms with Crippen LogP contribution in [0.3, 0.4) is 0 Å². The van der Waals surface area contributed by atoms with E-state index < -0.39 is 6.04 Å². The van der Waals surface area contributed by atoms with Gasteiger partial charge in [0.25, 0.3) is 0 Å². The Morgan fingerprint density at radius 2 is 1.66 bits per heavy atom. The molecule has 0 heterocycles. The molecule has 0 aromatic rings. The minimum atomic E-state index is -0.613. The van der Waals surface area contributed by atoms with Gasteiger partial charge >= 0.3 is 0 Å². The number of nitrogens with one attached hydrogen (secondary N) is 1. The van der Waals surface area contributed by atoms with Crippen LogP contribution >= 0.6 is 23.2 Å². The predicted octanol–water partition coefficient (Wildman–Crippen LogP) is 6.51. The van der Waals surface area contributed by atoms with Crippen LogP contribution in [0.15, 0.2) is 60.9 Å². The van der Waals surface area contributed by atoms with E-state index in [1.54, 1.807) is 6.08 Å². The zero-order valence-corrected chi connectivity index (χ0v) is 21.7. The first kappa shape index (κ1) is 25.0. The van der Waals surface area contributed by atoms with Gasteiger partial charge in [0, 0.05) is 41.2 Å². The second kappa shape index (κ2) is 10.4. The number of halogens is 2. The third-order valence-electron chi connectivity index (χ3n) is 8.91. The van der Waals surface area contributed by atoms with E-state index in [-0.39, 0.29) is 23.3 Å². The molecule has 6 aliphatic carbocycles. The molecule has 4 bridgehead atoms. The second-order valence-electron chi connectivity index (χ2n) is 11.4. The number of aliphatic imine (C=N–C) groups is 1. The van der Waals surface area contributed by atoms with Crippen molar-refractivity contribution in [1.82, 2.24) is 5.32 Å². The first-order chi connectivity index (χ1) is 16.9. The van der Waals surface area contributed by atoms with Gasteiger partial charge in [-0.15, -0.1) is 0 Å². The molecule has 6 rings (SSSR count). The summed E-state index contributed by atoms with van der Waals surface area (Å²) in [7, 11) is 0. The highest BCUT2D eigenvalue weighted by Gasteiger charge is 2.56. The van der Waals surface area contributed by atoms with Gasteiger partial charge in [-0.05, 0) is 80.3 Å². The first-order valence-corrected chi connectivity index (χ1v) is 13.7. The lowest BCUT2D eigenvalue weighted by Crippen LogP contribution is -2.52. The van der Waals surface area contributed by atoms with E-state index in [0.29, 0.717) is 29.7 Å². The van der Waals surface area contributed by atoms with Crippen molar-refractivity contribution < 1.29 is 0 Å². The van der Waals surface area contributed by atoms with Crippen LogP contribution in [-0.4, -0.2) is 37.9 Å².